The predicted octanol–water partition coefficient (Wildman–Crippen LogP) is 2.66. The van der Waals surface area contributed by atoms with Crippen molar-refractivity contribution in [2.75, 3.05) is 19.6 Å². The highest BCUT2D eigenvalue weighted by molar-refractivity contribution is 9.10. The van der Waals surface area contributed by atoms with Gasteiger partial charge >= 0.3 is 0 Å². The Morgan fingerprint density at radius 2 is 2.26 bits per heavy atom. The van der Waals surface area contributed by atoms with Crippen LogP contribution in [0, 0.1) is 5.82 Å². The van der Waals surface area contributed by atoms with Crippen molar-refractivity contribution < 1.29 is 9.18 Å². The molecule has 1 aliphatic rings. The predicted molar refractivity (Wildman–Crippen MR) is 79.3 cm³/mol. The lowest BCUT2D eigenvalue weighted by atomic mass is 10.1. The zero-order valence-electron chi connectivity index (χ0n) is 10.2. The summed E-state index contributed by atoms with van der Waals surface area (Å²) in [5, 5.41) is 5.93. The molecule has 0 aromatic heterocycles. The Labute approximate surface area is 126 Å². The number of benzene rings is 1. The molecule has 0 saturated carbocycles. The first-order valence-electron chi connectivity index (χ1n) is 5.78. The average Bonchev–Trinajstić information content (AvgIpc) is 2.37. The summed E-state index contributed by atoms with van der Waals surface area (Å²) in [6.45, 7) is 2.24. The molecule has 0 radical (unpaired) electrons. The molecule has 0 saturated heterocycles. The molecule has 1 aliphatic heterocycles. The normalized spacial score (nSPS) is 14.3. The Kier molecular flexibility index (Phi) is 6.48. The number of amides is 1. The van der Waals surface area contributed by atoms with Crippen LogP contribution in [0.1, 0.15) is 16.8 Å². The molecule has 0 bridgehead atoms. The third-order valence-corrected chi connectivity index (χ3v) is 3.30. The van der Waals surface area contributed by atoms with Crippen molar-refractivity contribution in [1.29, 1.82) is 0 Å². The van der Waals surface area contributed by atoms with Crippen molar-refractivity contribution in [2.24, 2.45) is 0 Å². The van der Waals surface area contributed by atoms with Crippen LogP contribution in [0.15, 0.2) is 34.3 Å². The lowest BCUT2D eigenvalue weighted by Crippen LogP contribution is -2.30. The summed E-state index contributed by atoms with van der Waals surface area (Å²) in [6.07, 6.45) is 2.98. The SMILES string of the molecule is Cl.O=C(NCC1=CCNCC1)c1ccc(Br)cc1F. The number of carbonyl (C=O) groups excluding carboxylic acids is 1. The number of rotatable bonds is 3. The van der Waals surface area contributed by atoms with Gasteiger partial charge in [0.25, 0.3) is 5.91 Å². The van der Waals surface area contributed by atoms with Crippen LogP contribution in [-0.2, 0) is 0 Å². The maximum absolute atomic E-state index is 13.6. The molecule has 0 spiro atoms. The van der Waals surface area contributed by atoms with Crippen LogP contribution >= 0.6 is 28.3 Å². The average molecular weight is 350 g/mol. The molecule has 1 heterocycles. The Morgan fingerprint density at radius 1 is 1.47 bits per heavy atom. The first-order chi connectivity index (χ1) is 8.66. The zero-order chi connectivity index (χ0) is 13.0. The van der Waals surface area contributed by atoms with Crippen LogP contribution < -0.4 is 10.6 Å². The monoisotopic (exact) mass is 348 g/mol. The minimum Gasteiger partial charge on any atom is -0.348 e. The Hall–Kier alpha value is -0.910. The van der Waals surface area contributed by atoms with E-state index < -0.39 is 5.82 Å². The van der Waals surface area contributed by atoms with E-state index in [2.05, 4.69) is 32.6 Å². The van der Waals surface area contributed by atoms with Crippen LogP contribution in [0.25, 0.3) is 0 Å². The van der Waals surface area contributed by atoms with Crippen molar-refractivity contribution in [2.45, 2.75) is 6.42 Å². The zero-order valence-corrected chi connectivity index (χ0v) is 12.6. The highest BCUT2D eigenvalue weighted by Crippen LogP contribution is 2.15. The maximum atomic E-state index is 13.6. The van der Waals surface area contributed by atoms with Crippen LogP contribution in [0.4, 0.5) is 4.39 Å². The van der Waals surface area contributed by atoms with E-state index in [1.54, 1.807) is 6.07 Å². The van der Waals surface area contributed by atoms with Crippen LogP contribution in [0.2, 0.25) is 0 Å². The molecular weight excluding hydrogens is 335 g/mol. The van der Waals surface area contributed by atoms with Crippen LogP contribution in [0.5, 0.6) is 0 Å². The van der Waals surface area contributed by atoms with E-state index in [4.69, 9.17) is 0 Å². The first kappa shape index (κ1) is 16.1. The van der Waals surface area contributed by atoms with E-state index in [1.807, 2.05) is 0 Å². The molecule has 2 N–H and O–H groups in total. The van der Waals surface area contributed by atoms with Crippen molar-refractivity contribution >= 4 is 34.2 Å². The molecule has 0 unspecified atom stereocenters. The van der Waals surface area contributed by atoms with Gasteiger partial charge in [-0.1, -0.05) is 27.6 Å². The van der Waals surface area contributed by atoms with E-state index in [-0.39, 0.29) is 23.9 Å². The van der Waals surface area contributed by atoms with Crippen LogP contribution in [-0.4, -0.2) is 25.5 Å². The number of nitrogens with one attached hydrogen (secondary N) is 2. The number of carbonyl (C=O) groups is 1. The summed E-state index contributed by atoms with van der Waals surface area (Å²) >= 11 is 3.16. The van der Waals surface area contributed by atoms with Gasteiger partial charge in [0.2, 0.25) is 0 Å². The lowest BCUT2D eigenvalue weighted by molar-refractivity contribution is 0.0952. The summed E-state index contributed by atoms with van der Waals surface area (Å²) < 4.78 is 14.2. The summed E-state index contributed by atoms with van der Waals surface area (Å²) in [4.78, 5) is 11.8. The maximum Gasteiger partial charge on any atom is 0.254 e. The molecule has 1 aromatic carbocycles. The molecule has 2 rings (SSSR count). The third-order valence-electron chi connectivity index (χ3n) is 2.81. The topological polar surface area (TPSA) is 41.1 Å². The van der Waals surface area contributed by atoms with Gasteiger partial charge in [0.15, 0.2) is 0 Å². The van der Waals surface area contributed by atoms with Gasteiger partial charge in [-0.2, -0.15) is 0 Å². The molecule has 0 aliphatic carbocycles. The standard InChI is InChI=1S/C13H14BrFN2O.ClH/c14-10-1-2-11(12(15)7-10)13(18)17-8-9-3-5-16-6-4-9;/h1-3,7,16H,4-6,8H2,(H,17,18);1H. The van der Waals surface area contributed by atoms with Gasteiger partial charge in [0, 0.05) is 17.6 Å². The van der Waals surface area contributed by atoms with E-state index in [0.29, 0.717) is 11.0 Å². The summed E-state index contributed by atoms with van der Waals surface area (Å²) in [7, 11) is 0. The largest absolute Gasteiger partial charge is 0.348 e. The molecule has 19 heavy (non-hydrogen) atoms. The molecule has 1 aromatic rings. The van der Waals surface area contributed by atoms with E-state index >= 15 is 0 Å². The Bertz CT molecular complexity index is 494. The van der Waals surface area contributed by atoms with Crippen molar-refractivity contribution in [3.05, 3.63) is 45.7 Å². The van der Waals surface area contributed by atoms with Crippen molar-refractivity contribution in [1.82, 2.24) is 10.6 Å². The fraction of sp³-hybridized carbons (Fsp3) is 0.308. The van der Waals surface area contributed by atoms with Gasteiger partial charge in [0.05, 0.1) is 5.56 Å². The first-order valence-corrected chi connectivity index (χ1v) is 6.58. The smallest absolute Gasteiger partial charge is 0.254 e. The van der Waals surface area contributed by atoms with Gasteiger partial charge in [-0.25, -0.2) is 4.39 Å². The quantitative estimate of drug-likeness (QED) is 0.824. The van der Waals surface area contributed by atoms with Crippen LogP contribution in [0.3, 0.4) is 0 Å². The highest BCUT2D eigenvalue weighted by Gasteiger charge is 2.12. The third kappa shape index (κ3) is 4.60. The van der Waals surface area contributed by atoms with Gasteiger partial charge < -0.3 is 10.6 Å². The van der Waals surface area contributed by atoms with Gasteiger partial charge in [0.1, 0.15) is 5.82 Å². The van der Waals surface area contributed by atoms with Gasteiger partial charge in [-0.05, 0) is 31.2 Å². The van der Waals surface area contributed by atoms with E-state index in [0.717, 1.165) is 19.5 Å². The number of halogens is 3. The molecule has 6 heteroatoms. The minimum atomic E-state index is -0.513. The van der Waals surface area contributed by atoms with E-state index in [1.165, 1.54) is 17.7 Å². The fourth-order valence-corrected chi connectivity index (χ4v) is 2.13. The Morgan fingerprint density at radius 3 is 2.89 bits per heavy atom. The second kappa shape index (κ2) is 7.62. The second-order valence-corrected chi connectivity index (χ2v) is 5.04. The van der Waals surface area contributed by atoms with Crippen molar-refractivity contribution in [3.8, 4) is 0 Å². The second-order valence-electron chi connectivity index (χ2n) is 4.12. The van der Waals surface area contributed by atoms with E-state index in [9.17, 15) is 9.18 Å². The number of hydrogen-bond acceptors (Lipinski definition) is 2. The molecule has 0 fully saturated rings. The summed E-state index contributed by atoms with van der Waals surface area (Å²) in [5.41, 5.74) is 1.26. The molecule has 104 valence electrons. The summed E-state index contributed by atoms with van der Waals surface area (Å²) in [5.74, 6) is -0.888. The summed E-state index contributed by atoms with van der Waals surface area (Å²) in [6, 6.07) is 4.42. The molecule has 3 nitrogen and oxygen atoms in total. The Balaban J connectivity index is 0.00000180. The van der Waals surface area contributed by atoms with Gasteiger partial charge in [-0.3, -0.25) is 4.79 Å². The lowest BCUT2D eigenvalue weighted by Gasteiger charge is -2.14. The fourth-order valence-electron chi connectivity index (χ4n) is 1.79. The molecule has 0 atom stereocenters. The molecular formula is C13H15BrClFN2O. The molecule has 1 amide bonds. The highest BCUT2D eigenvalue weighted by atomic mass is 79.9. The van der Waals surface area contributed by atoms with Crippen molar-refractivity contribution in [3.63, 3.8) is 0 Å². The van der Waals surface area contributed by atoms with Gasteiger partial charge in [-0.15, -0.1) is 12.4 Å². The number of hydrogen-bond donors (Lipinski definition) is 2. The minimum absolute atomic E-state index is 0.